The van der Waals surface area contributed by atoms with Crippen LogP contribution in [0.2, 0.25) is 0 Å². The van der Waals surface area contributed by atoms with Crippen molar-refractivity contribution >= 4 is 0 Å². The first-order valence-electron chi connectivity index (χ1n) is 5.80. The Hall–Kier alpha value is -0.790. The predicted molar refractivity (Wildman–Crippen MR) is 63.1 cm³/mol. The van der Waals surface area contributed by atoms with Crippen molar-refractivity contribution in [1.29, 1.82) is 0 Å². The van der Waals surface area contributed by atoms with Crippen LogP contribution < -0.4 is 0 Å². The minimum atomic E-state index is 0.0437. The molecular weight excluding hydrogens is 186 g/mol. The molecule has 0 saturated heterocycles. The number of hydrogen-bond acceptors (Lipinski definition) is 2. The fraction of sp³-hybridized carbons (Fsp3) is 0.769. The molecule has 0 aliphatic carbocycles. The van der Waals surface area contributed by atoms with Crippen LogP contribution in [0, 0.1) is 0 Å². The lowest BCUT2D eigenvalue weighted by atomic mass is 9.86. The van der Waals surface area contributed by atoms with E-state index in [4.69, 9.17) is 4.42 Å². The van der Waals surface area contributed by atoms with Crippen molar-refractivity contribution in [3.63, 3.8) is 0 Å². The van der Waals surface area contributed by atoms with Gasteiger partial charge in [-0.05, 0) is 12.8 Å². The second-order valence-electron chi connectivity index (χ2n) is 5.51. The van der Waals surface area contributed by atoms with Gasteiger partial charge in [-0.3, -0.25) is 0 Å². The van der Waals surface area contributed by atoms with Crippen molar-refractivity contribution < 1.29 is 4.42 Å². The highest BCUT2D eigenvalue weighted by molar-refractivity contribution is 5.13. The van der Waals surface area contributed by atoms with Crippen LogP contribution in [0.5, 0.6) is 0 Å². The summed E-state index contributed by atoms with van der Waals surface area (Å²) in [5.74, 6) is 0.863. The van der Waals surface area contributed by atoms with E-state index in [1.165, 1.54) is 0 Å². The van der Waals surface area contributed by atoms with Crippen LogP contribution in [0.3, 0.4) is 0 Å². The Bertz CT molecular complexity index is 293. The van der Waals surface area contributed by atoms with Crippen molar-refractivity contribution in [2.24, 2.45) is 0 Å². The Morgan fingerprint density at radius 1 is 1.07 bits per heavy atom. The van der Waals surface area contributed by atoms with Gasteiger partial charge in [-0.1, -0.05) is 41.5 Å². The molecule has 0 aromatic carbocycles. The first-order valence-corrected chi connectivity index (χ1v) is 5.80. The van der Waals surface area contributed by atoms with E-state index in [0.717, 1.165) is 24.4 Å². The summed E-state index contributed by atoms with van der Waals surface area (Å²) in [6.45, 7) is 13.1. The van der Waals surface area contributed by atoms with E-state index in [1.807, 2.05) is 6.26 Å². The molecule has 2 heteroatoms. The first-order chi connectivity index (χ1) is 6.83. The molecule has 0 unspecified atom stereocenters. The standard InChI is InChI=1S/C13H23NO/c1-7-12(3,4)10-9-15-11(14-10)13(5,6)8-2/h9H,7-8H2,1-6H3. The van der Waals surface area contributed by atoms with Crippen molar-refractivity contribution in [2.45, 2.75) is 65.2 Å². The maximum Gasteiger partial charge on any atom is 0.199 e. The topological polar surface area (TPSA) is 26.0 Å². The zero-order chi connectivity index (χ0) is 11.7. The summed E-state index contributed by atoms with van der Waals surface area (Å²) in [6.07, 6.45) is 3.93. The van der Waals surface area contributed by atoms with E-state index in [-0.39, 0.29) is 10.8 Å². The molecule has 0 spiro atoms. The van der Waals surface area contributed by atoms with Crippen molar-refractivity contribution in [3.8, 4) is 0 Å². The van der Waals surface area contributed by atoms with Crippen molar-refractivity contribution in [3.05, 3.63) is 17.8 Å². The van der Waals surface area contributed by atoms with E-state index in [1.54, 1.807) is 0 Å². The molecule has 0 atom stereocenters. The van der Waals surface area contributed by atoms with Gasteiger partial charge in [0.05, 0.1) is 5.69 Å². The highest BCUT2D eigenvalue weighted by Crippen LogP contribution is 2.31. The summed E-state index contributed by atoms with van der Waals surface area (Å²) in [5.41, 5.74) is 1.23. The van der Waals surface area contributed by atoms with Crippen molar-refractivity contribution in [2.75, 3.05) is 0 Å². The zero-order valence-corrected chi connectivity index (χ0v) is 10.8. The Kier molecular flexibility index (Phi) is 3.27. The molecule has 0 N–H and O–H groups in total. The van der Waals surface area contributed by atoms with Gasteiger partial charge in [0.25, 0.3) is 0 Å². The SMILES string of the molecule is CCC(C)(C)c1coc(C(C)(C)CC)n1. The minimum absolute atomic E-state index is 0.0437. The Balaban J connectivity index is 3.00. The Labute approximate surface area is 93.1 Å². The highest BCUT2D eigenvalue weighted by atomic mass is 16.3. The van der Waals surface area contributed by atoms with Gasteiger partial charge in [0, 0.05) is 10.8 Å². The average molecular weight is 209 g/mol. The molecule has 1 aromatic rings. The molecular formula is C13H23NO. The molecule has 0 saturated carbocycles. The van der Waals surface area contributed by atoms with E-state index < -0.39 is 0 Å². The molecule has 1 aromatic heterocycles. The first kappa shape index (κ1) is 12.3. The van der Waals surface area contributed by atoms with E-state index >= 15 is 0 Å². The maximum atomic E-state index is 5.60. The van der Waals surface area contributed by atoms with E-state index in [2.05, 4.69) is 46.5 Å². The second kappa shape index (κ2) is 3.99. The molecule has 86 valence electrons. The Morgan fingerprint density at radius 3 is 2.07 bits per heavy atom. The van der Waals surface area contributed by atoms with Gasteiger partial charge in [-0.25, -0.2) is 4.98 Å². The highest BCUT2D eigenvalue weighted by Gasteiger charge is 2.28. The number of nitrogens with zero attached hydrogens (tertiary/aromatic N) is 1. The van der Waals surface area contributed by atoms with Gasteiger partial charge in [-0.15, -0.1) is 0 Å². The summed E-state index contributed by atoms with van der Waals surface area (Å²) in [4.78, 5) is 4.63. The minimum Gasteiger partial charge on any atom is -0.448 e. The predicted octanol–water partition coefficient (Wildman–Crippen LogP) is 4.05. The van der Waals surface area contributed by atoms with Gasteiger partial charge >= 0.3 is 0 Å². The smallest absolute Gasteiger partial charge is 0.199 e. The fourth-order valence-corrected chi connectivity index (χ4v) is 1.23. The lowest BCUT2D eigenvalue weighted by molar-refractivity contribution is 0.360. The molecule has 0 aliphatic rings. The summed E-state index contributed by atoms with van der Waals surface area (Å²) in [7, 11) is 0. The summed E-state index contributed by atoms with van der Waals surface area (Å²) in [6, 6.07) is 0. The normalized spacial score (nSPS) is 13.2. The van der Waals surface area contributed by atoms with Gasteiger partial charge in [0.2, 0.25) is 0 Å². The number of aromatic nitrogens is 1. The number of rotatable bonds is 4. The third-order valence-corrected chi connectivity index (χ3v) is 3.54. The van der Waals surface area contributed by atoms with Crippen LogP contribution in [-0.2, 0) is 10.8 Å². The Morgan fingerprint density at radius 2 is 1.60 bits per heavy atom. The lowest BCUT2D eigenvalue weighted by Crippen LogP contribution is -2.19. The summed E-state index contributed by atoms with van der Waals surface area (Å²) in [5, 5.41) is 0. The van der Waals surface area contributed by atoms with Crippen LogP contribution >= 0.6 is 0 Å². The molecule has 1 heterocycles. The fourth-order valence-electron chi connectivity index (χ4n) is 1.23. The second-order valence-corrected chi connectivity index (χ2v) is 5.51. The average Bonchev–Trinajstić information content (AvgIpc) is 2.67. The van der Waals surface area contributed by atoms with Crippen LogP contribution in [0.25, 0.3) is 0 Å². The van der Waals surface area contributed by atoms with Crippen LogP contribution in [0.4, 0.5) is 0 Å². The number of oxazole rings is 1. The lowest BCUT2D eigenvalue weighted by Gasteiger charge is -2.20. The molecule has 1 rings (SSSR count). The van der Waals surface area contributed by atoms with E-state index in [9.17, 15) is 0 Å². The van der Waals surface area contributed by atoms with Gasteiger partial charge in [0.15, 0.2) is 5.89 Å². The number of hydrogen-bond donors (Lipinski definition) is 0. The van der Waals surface area contributed by atoms with Gasteiger partial charge in [-0.2, -0.15) is 0 Å². The third kappa shape index (κ3) is 2.42. The molecule has 0 aliphatic heterocycles. The van der Waals surface area contributed by atoms with E-state index in [0.29, 0.717) is 0 Å². The maximum absolute atomic E-state index is 5.60. The molecule has 0 bridgehead atoms. The van der Waals surface area contributed by atoms with Crippen LogP contribution in [0.15, 0.2) is 10.7 Å². The molecule has 0 fully saturated rings. The molecule has 2 nitrogen and oxygen atoms in total. The summed E-state index contributed by atoms with van der Waals surface area (Å²) < 4.78 is 5.60. The zero-order valence-electron chi connectivity index (χ0n) is 10.8. The van der Waals surface area contributed by atoms with Gasteiger partial charge in [0.1, 0.15) is 6.26 Å². The largest absolute Gasteiger partial charge is 0.448 e. The molecule has 0 radical (unpaired) electrons. The molecule has 15 heavy (non-hydrogen) atoms. The summed E-state index contributed by atoms with van der Waals surface area (Å²) >= 11 is 0. The molecule has 0 amide bonds. The van der Waals surface area contributed by atoms with Crippen LogP contribution in [0.1, 0.15) is 66.0 Å². The third-order valence-electron chi connectivity index (χ3n) is 3.54. The monoisotopic (exact) mass is 209 g/mol. The van der Waals surface area contributed by atoms with Crippen molar-refractivity contribution in [1.82, 2.24) is 4.98 Å². The van der Waals surface area contributed by atoms with Gasteiger partial charge < -0.3 is 4.42 Å². The van der Waals surface area contributed by atoms with Crippen LogP contribution in [-0.4, -0.2) is 4.98 Å². The quantitative estimate of drug-likeness (QED) is 0.747.